The van der Waals surface area contributed by atoms with Crippen molar-refractivity contribution in [3.63, 3.8) is 0 Å². The summed E-state index contributed by atoms with van der Waals surface area (Å²) >= 11 is 3.34. The van der Waals surface area contributed by atoms with Crippen molar-refractivity contribution in [3.05, 3.63) is 41.2 Å². The fourth-order valence-corrected chi connectivity index (χ4v) is 1.54. The van der Waals surface area contributed by atoms with E-state index < -0.39 is 0 Å². The molecule has 1 rings (SSSR count). The maximum Gasteiger partial charge on any atom is 0.106 e. The van der Waals surface area contributed by atoms with Crippen LogP contribution >= 0.6 is 15.9 Å². The van der Waals surface area contributed by atoms with Gasteiger partial charge in [-0.2, -0.15) is 0 Å². The van der Waals surface area contributed by atoms with Crippen molar-refractivity contribution in [1.29, 1.82) is 0 Å². The molecule has 0 bridgehead atoms. The second-order valence-corrected chi connectivity index (χ2v) is 4.07. The van der Waals surface area contributed by atoms with E-state index in [0.717, 1.165) is 23.3 Å². The van der Waals surface area contributed by atoms with Gasteiger partial charge in [0.15, 0.2) is 0 Å². The molecule has 0 aliphatic rings. The summed E-state index contributed by atoms with van der Waals surface area (Å²) in [5.74, 6) is 0. The Bertz CT molecular complexity index is 299. The molecule has 0 fully saturated rings. The Morgan fingerprint density at radius 1 is 1.64 bits per heavy atom. The van der Waals surface area contributed by atoms with E-state index in [0.29, 0.717) is 6.04 Å². The summed E-state index contributed by atoms with van der Waals surface area (Å²) in [7, 11) is 0. The third kappa shape index (κ3) is 4.03. The molecule has 3 heteroatoms. The zero-order chi connectivity index (χ0) is 10.4. The van der Waals surface area contributed by atoms with Gasteiger partial charge < -0.3 is 5.32 Å². The summed E-state index contributed by atoms with van der Waals surface area (Å²) in [6.45, 7) is 6.65. The monoisotopic (exact) mass is 254 g/mol. The lowest BCUT2D eigenvalue weighted by atomic mass is 10.2. The Kier molecular flexibility index (Phi) is 4.84. The molecule has 0 aromatic carbocycles. The standard InChI is InChI=1S/C11H15BrN2/c1-3-5-9(2)13-8-10-6-4-7-11(12)14-10/h3-4,6-7,9,13H,1,5,8H2,2H3. The third-order valence-corrected chi connectivity index (χ3v) is 2.37. The molecular formula is C11H15BrN2. The van der Waals surface area contributed by atoms with Crippen LogP contribution in [0.5, 0.6) is 0 Å². The van der Waals surface area contributed by atoms with E-state index in [1.54, 1.807) is 0 Å². The maximum atomic E-state index is 4.33. The van der Waals surface area contributed by atoms with Gasteiger partial charge in [0.05, 0.1) is 5.69 Å². The number of hydrogen-bond donors (Lipinski definition) is 1. The normalized spacial score (nSPS) is 12.4. The third-order valence-electron chi connectivity index (χ3n) is 1.92. The molecule has 1 unspecified atom stereocenters. The first kappa shape index (κ1) is 11.4. The van der Waals surface area contributed by atoms with Crippen LogP contribution in [-0.2, 0) is 6.54 Å². The molecule has 0 aliphatic carbocycles. The van der Waals surface area contributed by atoms with Crippen LogP contribution in [-0.4, -0.2) is 11.0 Å². The highest BCUT2D eigenvalue weighted by atomic mass is 79.9. The molecule has 0 aliphatic heterocycles. The molecule has 76 valence electrons. The number of rotatable bonds is 5. The van der Waals surface area contributed by atoms with E-state index in [1.165, 1.54) is 0 Å². The minimum absolute atomic E-state index is 0.452. The van der Waals surface area contributed by atoms with Crippen molar-refractivity contribution in [3.8, 4) is 0 Å². The summed E-state index contributed by atoms with van der Waals surface area (Å²) in [6.07, 6.45) is 2.90. The summed E-state index contributed by atoms with van der Waals surface area (Å²) in [4.78, 5) is 4.33. The van der Waals surface area contributed by atoms with Gasteiger partial charge in [-0.25, -0.2) is 4.98 Å². The Hall–Kier alpha value is -0.670. The first-order valence-corrected chi connectivity index (χ1v) is 5.47. The van der Waals surface area contributed by atoms with Gasteiger partial charge in [-0.15, -0.1) is 6.58 Å². The lowest BCUT2D eigenvalue weighted by Gasteiger charge is -2.10. The summed E-state index contributed by atoms with van der Waals surface area (Å²) in [5.41, 5.74) is 1.05. The lowest BCUT2D eigenvalue weighted by Crippen LogP contribution is -2.25. The van der Waals surface area contributed by atoms with Crippen molar-refractivity contribution in [2.24, 2.45) is 0 Å². The van der Waals surface area contributed by atoms with E-state index in [1.807, 2.05) is 24.3 Å². The molecule has 1 aromatic heterocycles. The van der Waals surface area contributed by atoms with Gasteiger partial charge >= 0.3 is 0 Å². The fraction of sp³-hybridized carbons (Fsp3) is 0.364. The number of nitrogens with zero attached hydrogens (tertiary/aromatic N) is 1. The number of halogens is 1. The highest BCUT2D eigenvalue weighted by Crippen LogP contribution is 2.06. The Morgan fingerprint density at radius 3 is 3.07 bits per heavy atom. The quantitative estimate of drug-likeness (QED) is 0.646. The first-order valence-electron chi connectivity index (χ1n) is 4.68. The predicted molar refractivity (Wildman–Crippen MR) is 63.1 cm³/mol. The van der Waals surface area contributed by atoms with Crippen LogP contribution in [0, 0.1) is 0 Å². The van der Waals surface area contributed by atoms with Crippen molar-refractivity contribution >= 4 is 15.9 Å². The van der Waals surface area contributed by atoms with Gasteiger partial charge in [-0.3, -0.25) is 0 Å². The molecule has 0 amide bonds. The summed E-state index contributed by atoms with van der Waals surface area (Å²) < 4.78 is 0.883. The number of hydrogen-bond acceptors (Lipinski definition) is 2. The van der Waals surface area contributed by atoms with Crippen molar-refractivity contribution in [2.45, 2.75) is 25.9 Å². The van der Waals surface area contributed by atoms with Crippen molar-refractivity contribution in [2.75, 3.05) is 0 Å². The van der Waals surface area contributed by atoms with Crippen LogP contribution < -0.4 is 5.32 Å². The average Bonchev–Trinajstić information content (AvgIpc) is 2.15. The molecule has 0 saturated carbocycles. The highest BCUT2D eigenvalue weighted by Gasteiger charge is 1.99. The van der Waals surface area contributed by atoms with Crippen LogP contribution in [0.1, 0.15) is 19.0 Å². The minimum Gasteiger partial charge on any atom is -0.308 e. The Morgan fingerprint density at radius 2 is 2.43 bits per heavy atom. The molecule has 1 aromatic rings. The second kappa shape index (κ2) is 5.94. The minimum atomic E-state index is 0.452. The van der Waals surface area contributed by atoms with E-state index in [-0.39, 0.29) is 0 Å². The maximum absolute atomic E-state index is 4.33. The van der Waals surface area contributed by atoms with Gasteiger partial charge in [-0.05, 0) is 41.4 Å². The van der Waals surface area contributed by atoms with E-state index in [2.05, 4.69) is 39.7 Å². The molecule has 14 heavy (non-hydrogen) atoms. The molecular weight excluding hydrogens is 240 g/mol. The molecule has 1 heterocycles. The molecule has 1 N–H and O–H groups in total. The zero-order valence-corrected chi connectivity index (χ0v) is 9.92. The van der Waals surface area contributed by atoms with E-state index >= 15 is 0 Å². The number of aromatic nitrogens is 1. The average molecular weight is 255 g/mol. The summed E-state index contributed by atoms with van der Waals surface area (Å²) in [6, 6.07) is 6.38. The smallest absolute Gasteiger partial charge is 0.106 e. The molecule has 0 saturated heterocycles. The SMILES string of the molecule is C=CCC(C)NCc1cccc(Br)n1. The Labute approximate surface area is 93.6 Å². The van der Waals surface area contributed by atoms with Crippen molar-refractivity contribution < 1.29 is 0 Å². The first-order chi connectivity index (χ1) is 6.72. The van der Waals surface area contributed by atoms with E-state index in [4.69, 9.17) is 0 Å². The molecule has 1 atom stereocenters. The van der Waals surface area contributed by atoms with Crippen LogP contribution in [0.15, 0.2) is 35.5 Å². The van der Waals surface area contributed by atoms with E-state index in [9.17, 15) is 0 Å². The summed E-state index contributed by atoms with van der Waals surface area (Å²) in [5, 5.41) is 3.37. The van der Waals surface area contributed by atoms with Gasteiger partial charge in [0.25, 0.3) is 0 Å². The van der Waals surface area contributed by atoms with Gasteiger partial charge in [0.1, 0.15) is 4.60 Å². The van der Waals surface area contributed by atoms with Gasteiger partial charge in [0, 0.05) is 12.6 Å². The predicted octanol–water partition coefficient (Wildman–Crippen LogP) is 2.90. The highest BCUT2D eigenvalue weighted by molar-refractivity contribution is 9.10. The second-order valence-electron chi connectivity index (χ2n) is 3.26. The van der Waals surface area contributed by atoms with Crippen LogP contribution in [0.3, 0.4) is 0 Å². The van der Waals surface area contributed by atoms with Crippen LogP contribution in [0.2, 0.25) is 0 Å². The van der Waals surface area contributed by atoms with Gasteiger partial charge in [0.2, 0.25) is 0 Å². The topological polar surface area (TPSA) is 24.9 Å². The Balaban J connectivity index is 2.41. The number of pyridine rings is 1. The lowest BCUT2D eigenvalue weighted by molar-refractivity contribution is 0.547. The van der Waals surface area contributed by atoms with Gasteiger partial charge in [-0.1, -0.05) is 12.1 Å². The number of nitrogens with one attached hydrogen (secondary N) is 1. The molecule has 0 spiro atoms. The van der Waals surface area contributed by atoms with Crippen LogP contribution in [0.25, 0.3) is 0 Å². The van der Waals surface area contributed by atoms with Crippen molar-refractivity contribution in [1.82, 2.24) is 10.3 Å². The molecule has 2 nitrogen and oxygen atoms in total. The zero-order valence-electron chi connectivity index (χ0n) is 8.33. The molecule has 0 radical (unpaired) electrons. The largest absolute Gasteiger partial charge is 0.308 e. The van der Waals surface area contributed by atoms with Crippen LogP contribution in [0.4, 0.5) is 0 Å². The fourth-order valence-electron chi connectivity index (χ4n) is 1.16.